The van der Waals surface area contributed by atoms with Gasteiger partial charge in [-0.2, -0.15) is 0 Å². The summed E-state index contributed by atoms with van der Waals surface area (Å²) < 4.78 is 0. The van der Waals surface area contributed by atoms with Crippen LogP contribution < -0.4 is 16.4 Å². The van der Waals surface area contributed by atoms with Crippen molar-refractivity contribution >= 4 is 6.34 Å². The second-order valence-electron chi connectivity index (χ2n) is 2.66. The van der Waals surface area contributed by atoms with E-state index in [0.29, 0.717) is 0 Å². The average Bonchev–Trinajstić information content (AvgIpc) is 2.53. The lowest BCUT2D eigenvalue weighted by Gasteiger charge is -2.18. The van der Waals surface area contributed by atoms with Gasteiger partial charge in [-0.05, 0) is 0 Å². The molecular formula is C8H17N5. The second-order valence-corrected chi connectivity index (χ2v) is 2.66. The third-order valence-corrected chi connectivity index (χ3v) is 1.88. The summed E-state index contributed by atoms with van der Waals surface area (Å²) in [6.07, 6.45) is 1.41. The monoisotopic (exact) mass is 183 g/mol. The number of aliphatic imine (C=N–C) groups is 1. The van der Waals surface area contributed by atoms with Crippen molar-refractivity contribution in [3.8, 4) is 0 Å². The highest BCUT2D eigenvalue weighted by Gasteiger charge is 2.24. The molecule has 4 N–H and O–H groups in total. The zero-order valence-corrected chi connectivity index (χ0v) is 8.33. The van der Waals surface area contributed by atoms with Gasteiger partial charge in [-0.1, -0.05) is 13.8 Å². The van der Waals surface area contributed by atoms with Crippen LogP contribution >= 0.6 is 0 Å². The van der Waals surface area contributed by atoms with Gasteiger partial charge in [-0.3, -0.25) is 4.99 Å². The van der Waals surface area contributed by atoms with Gasteiger partial charge in [0.25, 0.3) is 0 Å². The van der Waals surface area contributed by atoms with Crippen LogP contribution in [0, 0.1) is 0 Å². The van der Waals surface area contributed by atoms with Crippen LogP contribution in [0.15, 0.2) is 16.5 Å². The number of hydrogen-bond donors (Lipinski definition) is 3. The first kappa shape index (κ1) is 9.85. The standard InChI is InChI=1S/C6H11N5.C2H6/c1-11-3-10-4-5(7)8-2-9-6(4)11;1-2/h2,5,10H,3,7H2,1H3,(H,8,9);1-2H3. The van der Waals surface area contributed by atoms with E-state index in [0.717, 1.165) is 18.2 Å². The molecule has 0 bridgehead atoms. The lowest BCUT2D eigenvalue weighted by atomic mass is 10.3. The molecule has 1 unspecified atom stereocenters. The van der Waals surface area contributed by atoms with Gasteiger partial charge in [0.15, 0.2) is 0 Å². The topological polar surface area (TPSA) is 65.7 Å². The van der Waals surface area contributed by atoms with Crippen molar-refractivity contribution in [2.75, 3.05) is 13.7 Å². The Bertz CT molecular complexity index is 233. The van der Waals surface area contributed by atoms with E-state index in [4.69, 9.17) is 5.73 Å². The van der Waals surface area contributed by atoms with Crippen LogP contribution in [-0.2, 0) is 0 Å². The first-order valence-electron chi connectivity index (χ1n) is 4.52. The molecule has 0 radical (unpaired) electrons. The highest BCUT2D eigenvalue weighted by atomic mass is 15.4. The van der Waals surface area contributed by atoms with Gasteiger partial charge in [0.05, 0.1) is 18.7 Å². The fraction of sp³-hybridized carbons (Fsp3) is 0.625. The number of nitrogens with two attached hydrogens (primary N) is 1. The molecular weight excluding hydrogens is 166 g/mol. The lowest BCUT2D eigenvalue weighted by Crippen LogP contribution is -2.34. The molecule has 0 aromatic heterocycles. The number of nitrogens with one attached hydrogen (secondary N) is 2. The zero-order chi connectivity index (χ0) is 9.84. The molecule has 13 heavy (non-hydrogen) atoms. The number of rotatable bonds is 0. The van der Waals surface area contributed by atoms with Crippen LogP contribution in [0.25, 0.3) is 0 Å². The molecule has 5 nitrogen and oxygen atoms in total. The SMILES string of the molecule is CC.CN1CNC2=C1NC=NC2N. The minimum absolute atomic E-state index is 0.226. The van der Waals surface area contributed by atoms with Crippen LogP contribution in [0.1, 0.15) is 13.8 Å². The molecule has 0 fully saturated rings. The van der Waals surface area contributed by atoms with Gasteiger partial charge in [-0.15, -0.1) is 0 Å². The van der Waals surface area contributed by atoms with E-state index in [9.17, 15) is 0 Å². The number of nitrogens with zero attached hydrogens (tertiary/aromatic N) is 2. The molecule has 1 atom stereocenters. The summed E-state index contributed by atoms with van der Waals surface area (Å²) in [6.45, 7) is 4.80. The first-order valence-corrected chi connectivity index (χ1v) is 4.52. The quantitative estimate of drug-likeness (QED) is 0.478. The second kappa shape index (κ2) is 4.13. The van der Waals surface area contributed by atoms with Crippen molar-refractivity contribution in [1.29, 1.82) is 0 Å². The Labute approximate surface area is 78.7 Å². The molecule has 0 spiro atoms. The Kier molecular flexibility index (Phi) is 3.13. The Hall–Kier alpha value is -1.23. The van der Waals surface area contributed by atoms with E-state index in [1.54, 1.807) is 6.34 Å². The summed E-state index contributed by atoms with van der Waals surface area (Å²) in [5.41, 5.74) is 6.68. The molecule has 74 valence electrons. The summed E-state index contributed by atoms with van der Waals surface area (Å²) in [5.74, 6) is 1.03. The van der Waals surface area contributed by atoms with Gasteiger partial charge in [-0.25, -0.2) is 0 Å². The molecule has 0 aliphatic carbocycles. The summed E-state index contributed by atoms with van der Waals surface area (Å²) in [5, 5.41) is 6.19. The molecule has 2 heterocycles. The predicted octanol–water partition coefficient (Wildman–Crippen LogP) is -0.409. The largest absolute Gasteiger partial charge is 0.365 e. The summed E-state index contributed by atoms with van der Waals surface area (Å²) in [4.78, 5) is 6.06. The van der Waals surface area contributed by atoms with Gasteiger partial charge in [0.2, 0.25) is 0 Å². The Balaban J connectivity index is 0.000000396. The van der Waals surface area contributed by atoms with Crippen molar-refractivity contribution in [2.45, 2.75) is 20.0 Å². The highest BCUT2D eigenvalue weighted by molar-refractivity contribution is 5.60. The van der Waals surface area contributed by atoms with E-state index in [1.165, 1.54) is 0 Å². The van der Waals surface area contributed by atoms with Gasteiger partial charge >= 0.3 is 0 Å². The van der Waals surface area contributed by atoms with Crippen molar-refractivity contribution in [1.82, 2.24) is 15.5 Å². The van der Waals surface area contributed by atoms with E-state index < -0.39 is 0 Å². The maximum absolute atomic E-state index is 5.70. The normalized spacial score (nSPS) is 24.3. The predicted molar refractivity (Wildman–Crippen MR) is 53.7 cm³/mol. The molecule has 0 saturated carbocycles. The van der Waals surface area contributed by atoms with E-state index in [2.05, 4.69) is 20.5 Å². The Morgan fingerprint density at radius 3 is 2.92 bits per heavy atom. The smallest absolute Gasteiger partial charge is 0.143 e. The molecule has 2 rings (SSSR count). The maximum Gasteiger partial charge on any atom is 0.143 e. The van der Waals surface area contributed by atoms with Crippen molar-refractivity contribution < 1.29 is 0 Å². The van der Waals surface area contributed by atoms with Crippen LogP contribution in [0.4, 0.5) is 0 Å². The van der Waals surface area contributed by atoms with Crippen LogP contribution in [-0.4, -0.2) is 31.1 Å². The third-order valence-electron chi connectivity index (χ3n) is 1.88. The molecule has 2 aliphatic heterocycles. The molecule has 5 heteroatoms. The van der Waals surface area contributed by atoms with Crippen molar-refractivity contribution in [3.63, 3.8) is 0 Å². The fourth-order valence-electron chi connectivity index (χ4n) is 1.26. The highest BCUT2D eigenvalue weighted by Crippen LogP contribution is 2.14. The molecule has 0 aromatic rings. The lowest BCUT2D eigenvalue weighted by molar-refractivity contribution is 0.427. The Morgan fingerprint density at radius 1 is 1.62 bits per heavy atom. The third kappa shape index (κ3) is 1.75. The summed E-state index contributed by atoms with van der Waals surface area (Å²) >= 11 is 0. The van der Waals surface area contributed by atoms with Crippen LogP contribution in [0.3, 0.4) is 0 Å². The minimum Gasteiger partial charge on any atom is -0.365 e. The maximum atomic E-state index is 5.70. The van der Waals surface area contributed by atoms with Crippen LogP contribution in [0.2, 0.25) is 0 Å². The van der Waals surface area contributed by atoms with Crippen molar-refractivity contribution in [2.24, 2.45) is 10.7 Å². The first-order chi connectivity index (χ1) is 6.29. The minimum atomic E-state index is -0.226. The average molecular weight is 183 g/mol. The molecule has 0 saturated heterocycles. The van der Waals surface area contributed by atoms with E-state index >= 15 is 0 Å². The molecule has 2 aliphatic rings. The molecule has 0 amide bonds. The fourth-order valence-corrected chi connectivity index (χ4v) is 1.26. The Morgan fingerprint density at radius 2 is 2.31 bits per heavy atom. The summed E-state index contributed by atoms with van der Waals surface area (Å²) in [7, 11) is 1.99. The van der Waals surface area contributed by atoms with E-state index in [1.807, 2.05) is 20.9 Å². The van der Waals surface area contributed by atoms with Crippen molar-refractivity contribution in [3.05, 3.63) is 11.5 Å². The number of hydrogen-bond acceptors (Lipinski definition) is 5. The van der Waals surface area contributed by atoms with Gasteiger partial charge in [0, 0.05) is 7.05 Å². The van der Waals surface area contributed by atoms with Gasteiger partial charge in [0.1, 0.15) is 12.0 Å². The van der Waals surface area contributed by atoms with Crippen LogP contribution in [0.5, 0.6) is 0 Å². The zero-order valence-electron chi connectivity index (χ0n) is 8.33. The molecule has 0 aromatic carbocycles. The van der Waals surface area contributed by atoms with E-state index in [-0.39, 0.29) is 6.17 Å². The van der Waals surface area contributed by atoms with Gasteiger partial charge < -0.3 is 21.3 Å². The summed E-state index contributed by atoms with van der Waals surface area (Å²) in [6, 6.07) is 0.